The minimum absolute atomic E-state index is 0.171. The van der Waals surface area contributed by atoms with Gasteiger partial charge in [-0.1, -0.05) is 19.9 Å². The third-order valence-corrected chi connectivity index (χ3v) is 3.09. The van der Waals surface area contributed by atoms with Gasteiger partial charge in [0.15, 0.2) is 11.6 Å². The van der Waals surface area contributed by atoms with Crippen LogP contribution in [0.2, 0.25) is 0 Å². The Morgan fingerprint density at radius 1 is 1.26 bits per heavy atom. The number of nitrogens with zero attached hydrogens (tertiary/aromatic N) is 2. The quantitative estimate of drug-likeness (QED) is 0.794. The molecule has 0 atom stereocenters. The minimum atomic E-state index is -0.412. The van der Waals surface area contributed by atoms with Gasteiger partial charge in [-0.3, -0.25) is 0 Å². The highest BCUT2D eigenvalue weighted by Gasteiger charge is 2.14. The second-order valence-corrected chi connectivity index (χ2v) is 5.22. The standard InChI is InChI=1S/C14H14BrFN2O/c1-8(2)14-17-10(7-12(15)18-14)9-5-4-6-11(19-3)13(9)16/h4-8H,1-3H3. The maximum Gasteiger partial charge on any atom is 0.174 e. The Balaban J connectivity index is 2.59. The van der Waals surface area contributed by atoms with E-state index in [2.05, 4.69) is 25.9 Å². The van der Waals surface area contributed by atoms with Gasteiger partial charge in [-0.05, 0) is 34.1 Å². The van der Waals surface area contributed by atoms with Gasteiger partial charge >= 0.3 is 0 Å². The van der Waals surface area contributed by atoms with Gasteiger partial charge in [0.25, 0.3) is 0 Å². The predicted molar refractivity (Wildman–Crippen MR) is 75.8 cm³/mol. The van der Waals surface area contributed by atoms with Crippen molar-refractivity contribution in [1.82, 2.24) is 9.97 Å². The second kappa shape index (κ2) is 5.65. The van der Waals surface area contributed by atoms with Crippen molar-refractivity contribution in [1.29, 1.82) is 0 Å². The number of aromatic nitrogens is 2. The molecule has 2 aromatic rings. The van der Waals surface area contributed by atoms with Crippen molar-refractivity contribution in [3.8, 4) is 17.0 Å². The molecule has 0 aliphatic carbocycles. The maximum absolute atomic E-state index is 14.2. The van der Waals surface area contributed by atoms with Crippen LogP contribution in [-0.4, -0.2) is 17.1 Å². The summed E-state index contributed by atoms with van der Waals surface area (Å²) in [6.45, 7) is 3.99. The third kappa shape index (κ3) is 2.92. The fourth-order valence-electron chi connectivity index (χ4n) is 1.70. The maximum atomic E-state index is 14.2. The van der Waals surface area contributed by atoms with E-state index in [1.54, 1.807) is 24.3 Å². The van der Waals surface area contributed by atoms with E-state index in [4.69, 9.17) is 4.74 Å². The molecular formula is C14H14BrFN2O. The Kier molecular flexibility index (Phi) is 4.14. The molecule has 3 nitrogen and oxygen atoms in total. The smallest absolute Gasteiger partial charge is 0.174 e. The highest BCUT2D eigenvalue weighted by atomic mass is 79.9. The van der Waals surface area contributed by atoms with E-state index in [1.165, 1.54) is 7.11 Å². The Morgan fingerprint density at radius 2 is 2.00 bits per heavy atom. The van der Waals surface area contributed by atoms with Gasteiger partial charge in [-0.2, -0.15) is 0 Å². The summed E-state index contributed by atoms with van der Waals surface area (Å²) in [6.07, 6.45) is 0. The van der Waals surface area contributed by atoms with Crippen LogP contribution in [0.15, 0.2) is 28.9 Å². The van der Waals surface area contributed by atoms with Crippen LogP contribution in [-0.2, 0) is 0 Å². The van der Waals surface area contributed by atoms with Crippen LogP contribution in [0.5, 0.6) is 5.75 Å². The number of hydrogen-bond donors (Lipinski definition) is 0. The molecule has 1 aromatic carbocycles. The molecule has 0 spiro atoms. The number of halogens is 2. The zero-order valence-electron chi connectivity index (χ0n) is 10.9. The lowest BCUT2D eigenvalue weighted by atomic mass is 10.1. The molecule has 0 saturated carbocycles. The van der Waals surface area contributed by atoms with Gasteiger partial charge in [0.05, 0.1) is 12.8 Å². The first-order valence-corrected chi connectivity index (χ1v) is 6.69. The largest absolute Gasteiger partial charge is 0.494 e. The highest BCUT2D eigenvalue weighted by molar-refractivity contribution is 9.10. The molecule has 0 N–H and O–H groups in total. The fourth-order valence-corrected chi connectivity index (χ4v) is 2.10. The monoisotopic (exact) mass is 324 g/mol. The molecule has 0 bridgehead atoms. The van der Waals surface area contributed by atoms with Crippen molar-refractivity contribution >= 4 is 15.9 Å². The minimum Gasteiger partial charge on any atom is -0.494 e. The van der Waals surface area contributed by atoms with E-state index in [9.17, 15) is 4.39 Å². The predicted octanol–water partition coefficient (Wildman–Crippen LogP) is 4.18. The lowest BCUT2D eigenvalue weighted by Crippen LogP contribution is -2.01. The lowest BCUT2D eigenvalue weighted by Gasteiger charge is -2.10. The summed E-state index contributed by atoms with van der Waals surface area (Å²) in [7, 11) is 1.44. The van der Waals surface area contributed by atoms with E-state index in [1.807, 2.05) is 13.8 Å². The zero-order valence-corrected chi connectivity index (χ0v) is 12.5. The molecule has 0 aliphatic heterocycles. The summed E-state index contributed by atoms with van der Waals surface area (Å²) >= 11 is 3.33. The average Bonchev–Trinajstić information content (AvgIpc) is 2.38. The van der Waals surface area contributed by atoms with Crippen LogP contribution >= 0.6 is 15.9 Å². The van der Waals surface area contributed by atoms with E-state index in [-0.39, 0.29) is 11.7 Å². The summed E-state index contributed by atoms with van der Waals surface area (Å²) in [5.41, 5.74) is 0.950. The first-order valence-electron chi connectivity index (χ1n) is 5.90. The van der Waals surface area contributed by atoms with Crippen LogP contribution in [0.4, 0.5) is 4.39 Å². The summed E-state index contributed by atoms with van der Waals surface area (Å²) in [5.74, 6) is 0.639. The van der Waals surface area contributed by atoms with Crippen molar-refractivity contribution in [3.05, 3.63) is 40.5 Å². The fraction of sp³-hybridized carbons (Fsp3) is 0.286. The number of ether oxygens (including phenoxy) is 1. The second-order valence-electron chi connectivity index (χ2n) is 4.41. The molecule has 0 fully saturated rings. The molecule has 1 heterocycles. The van der Waals surface area contributed by atoms with Crippen LogP contribution < -0.4 is 4.74 Å². The Morgan fingerprint density at radius 3 is 2.63 bits per heavy atom. The summed E-state index contributed by atoms with van der Waals surface area (Å²) < 4.78 is 19.8. The topological polar surface area (TPSA) is 35.0 Å². The number of rotatable bonds is 3. The molecule has 1 aromatic heterocycles. The van der Waals surface area contributed by atoms with Crippen molar-refractivity contribution in [2.45, 2.75) is 19.8 Å². The molecule has 0 aliphatic rings. The average molecular weight is 325 g/mol. The van der Waals surface area contributed by atoms with Gasteiger partial charge in [0.1, 0.15) is 10.4 Å². The van der Waals surface area contributed by atoms with Crippen molar-refractivity contribution in [2.24, 2.45) is 0 Å². The van der Waals surface area contributed by atoms with Crippen LogP contribution in [0.3, 0.4) is 0 Å². The third-order valence-electron chi connectivity index (χ3n) is 2.69. The Labute approximate surface area is 120 Å². The first-order chi connectivity index (χ1) is 9.02. The molecule has 2 rings (SSSR count). The molecule has 0 unspecified atom stereocenters. The van der Waals surface area contributed by atoms with Gasteiger partial charge in [-0.25, -0.2) is 14.4 Å². The first kappa shape index (κ1) is 13.9. The van der Waals surface area contributed by atoms with Crippen LogP contribution in [0, 0.1) is 5.82 Å². The van der Waals surface area contributed by atoms with Crippen molar-refractivity contribution in [2.75, 3.05) is 7.11 Å². The van der Waals surface area contributed by atoms with Gasteiger partial charge in [0.2, 0.25) is 0 Å². The van der Waals surface area contributed by atoms with E-state index >= 15 is 0 Å². The van der Waals surface area contributed by atoms with E-state index in [0.29, 0.717) is 21.7 Å². The van der Waals surface area contributed by atoms with E-state index in [0.717, 1.165) is 0 Å². The van der Waals surface area contributed by atoms with Gasteiger partial charge in [-0.15, -0.1) is 0 Å². The summed E-state index contributed by atoms with van der Waals surface area (Å²) in [6, 6.07) is 6.70. The van der Waals surface area contributed by atoms with E-state index < -0.39 is 5.82 Å². The highest BCUT2D eigenvalue weighted by Crippen LogP contribution is 2.29. The summed E-state index contributed by atoms with van der Waals surface area (Å²) in [4.78, 5) is 8.69. The van der Waals surface area contributed by atoms with Crippen molar-refractivity contribution < 1.29 is 9.13 Å². The molecule has 0 saturated heterocycles. The molecular weight excluding hydrogens is 311 g/mol. The summed E-state index contributed by atoms with van der Waals surface area (Å²) in [5, 5.41) is 0. The van der Waals surface area contributed by atoms with Gasteiger partial charge in [0, 0.05) is 11.5 Å². The molecule has 100 valence electrons. The van der Waals surface area contributed by atoms with Crippen molar-refractivity contribution in [3.63, 3.8) is 0 Å². The molecule has 0 amide bonds. The lowest BCUT2D eigenvalue weighted by molar-refractivity contribution is 0.387. The number of methoxy groups -OCH3 is 1. The Hall–Kier alpha value is -1.49. The molecule has 5 heteroatoms. The van der Waals surface area contributed by atoms with Crippen LogP contribution in [0.1, 0.15) is 25.6 Å². The number of benzene rings is 1. The molecule has 19 heavy (non-hydrogen) atoms. The molecule has 0 radical (unpaired) electrons. The normalized spacial score (nSPS) is 10.8. The zero-order chi connectivity index (χ0) is 14.0. The SMILES string of the molecule is COc1cccc(-c2cc(Br)nc(C(C)C)n2)c1F. The Bertz CT molecular complexity index is 602. The van der Waals surface area contributed by atoms with Crippen LogP contribution in [0.25, 0.3) is 11.3 Å². The number of hydrogen-bond acceptors (Lipinski definition) is 3. The van der Waals surface area contributed by atoms with Gasteiger partial charge < -0.3 is 4.74 Å².